The number of hydrogen-bond acceptors (Lipinski definition) is 6. The minimum absolute atomic E-state index is 0.0201. The topological polar surface area (TPSA) is 126 Å². The van der Waals surface area contributed by atoms with E-state index in [1.807, 2.05) is 4.90 Å². The third kappa shape index (κ3) is 3.91. The van der Waals surface area contributed by atoms with Gasteiger partial charge in [0.05, 0.1) is 12.6 Å². The number of carbonyl (C=O) groups excluding carboxylic acids is 1. The maximum Gasteiger partial charge on any atom is 0.433 e. The zero-order valence-corrected chi connectivity index (χ0v) is 13.0. The molecule has 0 bridgehead atoms. The van der Waals surface area contributed by atoms with Gasteiger partial charge in [0, 0.05) is 18.6 Å². The van der Waals surface area contributed by atoms with Crippen LogP contribution in [0.4, 0.5) is 5.88 Å². The summed E-state index contributed by atoms with van der Waals surface area (Å²) >= 11 is 0. The van der Waals surface area contributed by atoms with Crippen LogP contribution in [-0.4, -0.2) is 52.0 Å². The summed E-state index contributed by atoms with van der Waals surface area (Å²) in [5, 5.41) is 22.3. The van der Waals surface area contributed by atoms with Crippen molar-refractivity contribution in [3.8, 4) is 0 Å². The van der Waals surface area contributed by atoms with Gasteiger partial charge in [-0.05, 0) is 37.7 Å². The molecule has 0 saturated heterocycles. The lowest BCUT2D eigenvalue weighted by molar-refractivity contribution is -0.402. The zero-order chi connectivity index (χ0) is 17.3. The van der Waals surface area contributed by atoms with Crippen LogP contribution in [0.1, 0.15) is 36.2 Å². The molecule has 0 atom stereocenters. The standard InChI is InChI=1S/C15H19N3O6/c19-14(20)8-17(7-9-1-2-9)11-5-10(6-11)16-15(21)12-3-4-13(24-12)18(22)23/h3-4,9-11H,1-2,5-8H2,(H,16,21)(H,19,20). The number of hydrogen-bond donors (Lipinski definition) is 2. The molecule has 1 heterocycles. The van der Waals surface area contributed by atoms with Crippen molar-refractivity contribution in [2.24, 2.45) is 5.92 Å². The van der Waals surface area contributed by atoms with Gasteiger partial charge in [-0.2, -0.15) is 0 Å². The smallest absolute Gasteiger partial charge is 0.433 e. The fourth-order valence-electron chi connectivity index (χ4n) is 2.96. The molecule has 2 saturated carbocycles. The molecule has 1 amide bonds. The molecule has 3 rings (SSSR count). The Morgan fingerprint density at radius 3 is 2.62 bits per heavy atom. The number of nitrogens with zero attached hydrogens (tertiary/aromatic N) is 2. The number of carboxylic acids is 1. The molecule has 130 valence electrons. The van der Waals surface area contributed by atoms with Gasteiger partial charge in [-0.3, -0.25) is 24.6 Å². The average Bonchev–Trinajstić information content (AvgIpc) is 3.13. The van der Waals surface area contributed by atoms with Crippen LogP contribution >= 0.6 is 0 Å². The fraction of sp³-hybridized carbons (Fsp3) is 0.600. The molecule has 0 unspecified atom stereocenters. The Morgan fingerprint density at radius 2 is 2.08 bits per heavy atom. The van der Waals surface area contributed by atoms with E-state index in [0.717, 1.165) is 25.5 Å². The third-order valence-corrected chi connectivity index (χ3v) is 4.49. The van der Waals surface area contributed by atoms with Crippen molar-refractivity contribution < 1.29 is 24.0 Å². The Hall–Kier alpha value is -2.42. The lowest BCUT2D eigenvalue weighted by Gasteiger charge is -2.42. The molecular formula is C15H19N3O6. The van der Waals surface area contributed by atoms with Crippen LogP contribution in [0.15, 0.2) is 16.5 Å². The molecule has 24 heavy (non-hydrogen) atoms. The normalized spacial score (nSPS) is 22.9. The Labute approximate surface area is 137 Å². The number of furan rings is 1. The zero-order valence-electron chi connectivity index (χ0n) is 13.0. The highest BCUT2D eigenvalue weighted by molar-refractivity contribution is 5.92. The molecule has 1 aromatic rings. The van der Waals surface area contributed by atoms with Crippen LogP contribution in [-0.2, 0) is 4.79 Å². The van der Waals surface area contributed by atoms with Crippen molar-refractivity contribution in [3.63, 3.8) is 0 Å². The van der Waals surface area contributed by atoms with Crippen molar-refractivity contribution in [2.45, 2.75) is 37.8 Å². The second-order valence-corrected chi connectivity index (χ2v) is 6.46. The number of carboxylic acid groups (broad SMARTS) is 1. The number of nitro groups is 1. The summed E-state index contributed by atoms with van der Waals surface area (Å²) in [5.74, 6) is -1.29. The first kappa shape index (κ1) is 16.4. The van der Waals surface area contributed by atoms with Gasteiger partial charge in [0.25, 0.3) is 5.91 Å². The van der Waals surface area contributed by atoms with Gasteiger partial charge >= 0.3 is 11.9 Å². The highest BCUT2D eigenvalue weighted by Gasteiger charge is 2.38. The molecule has 0 spiro atoms. The van der Waals surface area contributed by atoms with E-state index in [1.54, 1.807) is 0 Å². The number of nitrogens with one attached hydrogen (secondary N) is 1. The third-order valence-electron chi connectivity index (χ3n) is 4.49. The van der Waals surface area contributed by atoms with Crippen LogP contribution in [0.3, 0.4) is 0 Å². The van der Waals surface area contributed by atoms with E-state index < -0.39 is 22.7 Å². The molecule has 2 aliphatic carbocycles. The molecule has 0 aliphatic heterocycles. The predicted octanol–water partition coefficient (Wildman–Crippen LogP) is 1.25. The summed E-state index contributed by atoms with van der Waals surface area (Å²) in [6.45, 7) is 0.814. The molecule has 0 radical (unpaired) electrons. The summed E-state index contributed by atoms with van der Waals surface area (Å²) in [4.78, 5) is 34.8. The van der Waals surface area contributed by atoms with Crippen LogP contribution in [0, 0.1) is 16.0 Å². The number of aliphatic carboxylic acids is 1. The summed E-state index contributed by atoms with van der Waals surface area (Å²) in [6.07, 6.45) is 3.66. The highest BCUT2D eigenvalue weighted by Crippen LogP contribution is 2.33. The van der Waals surface area contributed by atoms with Gasteiger partial charge in [-0.1, -0.05) is 0 Å². The fourth-order valence-corrected chi connectivity index (χ4v) is 2.96. The Bertz CT molecular complexity index is 647. The van der Waals surface area contributed by atoms with E-state index in [4.69, 9.17) is 9.52 Å². The van der Waals surface area contributed by atoms with E-state index in [-0.39, 0.29) is 24.4 Å². The van der Waals surface area contributed by atoms with Gasteiger partial charge in [-0.15, -0.1) is 0 Å². The quantitative estimate of drug-likeness (QED) is 0.540. The van der Waals surface area contributed by atoms with Crippen LogP contribution in [0.5, 0.6) is 0 Å². The Kier molecular flexibility index (Phi) is 4.52. The first-order chi connectivity index (χ1) is 11.4. The number of carbonyl (C=O) groups is 2. The molecule has 9 heteroatoms. The van der Waals surface area contributed by atoms with Gasteiger partial charge in [-0.25, -0.2) is 0 Å². The Balaban J connectivity index is 1.48. The Morgan fingerprint density at radius 1 is 1.38 bits per heavy atom. The van der Waals surface area contributed by atoms with Crippen molar-refractivity contribution in [3.05, 3.63) is 28.0 Å². The molecule has 0 aromatic carbocycles. The van der Waals surface area contributed by atoms with Gasteiger partial charge < -0.3 is 14.8 Å². The first-order valence-electron chi connectivity index (χ1n) is 7.93. The van der Waals surface area contributed by atoms with E-state index in [9.17, 15) is 19.7 Å². The molecule has 1 aromatic heterocycles. The average molecular weight is 337 g/mol. The van der Waals surface area contributed by atoms with E-state index in [2.05, 4.69) is 5.32 Å². The lowest BCUT2D eigenvalue weighted by Crippen LogP contribution is -2.55. The molecule has 2 N–H and O–H groups in total. The van der Waals surface area contributed by atoms with E-state index in [1.165, 1.54) is 6.07 Å². The van der Waals surface area contributed by atoms with Crippen molar-refractivity contribution in [2.75, 3.05) is 13.1 Å². The summed E-state index contributed by atoms with van der Waals surface area (Å²) < 4.78 is 4.86. The molecule has 9 nitrogen and oxygen atoms in total. The molecule has 2 aliphatic rings. The van der Waals surface area contributed by atoms with Gasteiger partial charge in [0.1, 0.15) is 4.92 Å². The van der Waals surface area contributed by atoms with Crippen LogP contribution in [0.2, 0.25) is 0 Å². The monoisotopic (exact) mass is 337 g/mol. The van der Waals surface area contributed by atoms with Crippen molar-refractivity contribution in [1.82, 2.24) is 10.2 Å². The molecule has 2 fully saturated rings. The SMILES string of the molecule is O=C(O)CN(CC1CC1)C1CC(NC(=O)c2ccc([N+](=O)[O-])o2)C1. The highest BCUT2D eigenvalue weighted by atomic mass is 16.6. The number of amides is 1. The molecular weight excluding hydrogens is 318 g/mol. The van der Waals surface area contributed by atoms with Crippen molar-refractivity contribution >= 4 is 17.8 Å². The minimum atomic E-state index is -0.842. The second-order valence-electron chi connectivity index (χ2n) is 6.46. The van der Waals surface area contributed by atoms with Crippen LogP contribution in [0.25, 0.3) is 0 Å². The second kappa shape index (κ2) is 6.60. The summed E-state index contributed by atoms with van der Waals surface area (Å²) in [7, 11) is 0. The lowest BCUT2D eigenvalue weighted by atomic mass is 9.85. The van der Waals surface area contributed by atoms with E-state index >= 15 is 0 Å². The summed E-state index contributed by atoms with van der Waals surface area (Å²) in [6, 6.07) is 2.50. The first-order valence-corrected chi connectivity index (χ1v) is 7.93. The maximum absolute atomic E-state index is 12.0. The van der Waals surface area contributed by atoms with Gasteiger partial charge in [0.2, 0.25) is 0 Å². The van der Waals surface area contributed by atoms with E-state index in [0.29, 0.717) is 18.8 Å². The maximum atomic E-state index is 12.0. The minimum Gasteiger partial charge on any atom is -0.480 e. The largest absolute Gasteiger partial charge is 0.480 e. The van der Waals surface area contributed by atoms with Crippen molar-refractivity contribution in [1.29, 1.82) is 0 Å². The van der Waals surface area contributed by atoms with Crippen LogP contribution < -0.4 is 5.32 Å². The summed E-state index contributed by atoms with van der Waals surface area (Å²) in [5.41, 5.74) is 0. The predicted molar refractivity (Wildman–Crippen MR) is 81.6 cm³/mol. The number of rotatable bonds is 8. The van der Waals surface area contributed by atoms with Gasteiger partial charge in [0.15, 0.2) is 5.76 Å².